The van der Waals surface area contributed by atoms with Crippen LogP contribution in [0.3, 0.4) is 0 Å². The highest BCUT2D eigenvalue weighted by molar-refractivity contribution is 6.14. The molecule has 0 unspecified atom stereocenters. The summed E-state index contributed by atoms with van der Waals surface area (Å²) in [6.45, 7) is 6.56. The minimum Gasteiger partial charge on any atom is -0.379 e. The average Bonchev–Trinajstić information content (AvgIpc) is 2.87. The minimum absolute atomic E-state index is 0.0559. The molecule has 1 aliphatic heterocycles. The van der Waals surface area contributed by atoms with Crippen LogP contribution in [0.1, 0.15) is 27.2 Å². The number of hydrogen-bond donors (Lipinski definition) is 2. The van der Waals surface area contributed by atoms with Gasteiger partial charge < -0.3 is 20.1 Å². The van der Waals surface area contributed by atoms with Crippen LogP contribution in [0.5, 0.6) is 0 Å². The van der Waals surface area contributed by atoms with Crippen LogP contribution in [0.4, 0.5) is 0 Å². The molecule has 1 heterocycles. The zero-order valence-corrected chi connectivity index (χ0v) is 15.4. The topological polar surface area (TPSA) is 114 Å². The molecule has 1 rings (SSSR count). The molecule has 9 nitrogen and oxygen atoms in total. The van der Waals surface area contributed by atoms with Crippen molar-refractivity contribution in [3.8, 4) is 0 Å². The van der Waals surface area contributed by atoms with Gasteiger partial charge in [0.2, 0.25) is 11.8 Å². The van der Waals surface area contributed by atoms with E-state index in [-0.39, 0.29) is 50.8 Å². The lowest BCUT2D eigenvalue weighted by atomic mass is 10.3. The van der Waals surface area contributed by atoms with Gasteiger partial charge in [-0.3, -0.25) is 24.1 Å². The molecule has 0 saturated carbocycles. The number of ether oxygens (including phenoxy) is 2. The van der Waals surface area contributed by atoms with Crippen LogP contribution >= 0.6 is 0 Å². The van der Waals surface area contributed by atoms with Gasteiger partial charge in [0.25, 0.3) is 11.8 Å². The number of nitrogens with zero attached hydrogens (tertiary/aromatic N) is 1. The molecule has 0 aromatic carbocycles. The molecule has 146 valence electrons. The van der Waals surface area contributed by atoms with E-state index in [1.54, 1.807) is 0 Å². The molecule has 4 amide bonds. The second-order valence-corrected chi connectivity index (χ2v) is 6.11. The van der Waals surface area contributed by atoms with Gasteiger partial charge in [0, 0.05) is 31.7 Å². The minimum atomic E-state index is -0.500. The number of carbonyl (C=O) groups excluding carboxylic acids is 4. The van der Waals surface area contributed by atoms with E-state index in [2.05, 4.69) is 10.6 Å². The Morgan fingerprint density at radius 3 is 2.31 bits per heavy atom. The number of imide groups is 1. The lowest BCUT2D eigenvalue weighted by molar-refractivity contribution is -0.141. The number of hydrogen-bond acceptors (Lipinski definition) is 6. The summed E-state index contributed by atoms with van der Waals surface area (Å²) in [6, 6.07) is 0. The molecule has 0 spiro atoms. The molecule has 0 aromatic heterocycles. The zero-order chi connectivity index (χ0) is 19.5. The van der Waals surface area contributed by atoms with Crippen LogP contribution in [-0.4, -0.2) is 73.6 Å². The van der Waals surface area contributed by atoms with Gasteiger partial charge in [0.05, 0.1) is 25.4 Å². The van der Waals surface area contributed by atoms with E-state index in [1.165, 1.54) is 0 Å². The fourth-order valence-corrected chi connectivity index (χ4v) is 2.17. The van der Waals surface area contributed by atoms with Crippen LogP contribution in [0, 0.1) is 0 Å². The van der Waals surface area contributed by atoms with Crippen molar-refractivity contribution in [3.05, 3.63) is 12.2 Å². The summed E-state index contributed by atoms with van der Waals surface area (Å²) < 4.78 is 10.8. The molecule has 0 radical (unpaired) electrons. The third kappa shape index (κ3) is 8.72. The molecule has 1 aliphatic rings. The quantitative estimate of drug-likeness (QED) is 0.350. The van der Waals surface area contributed by atoms with Crippen molar-refractivity contribution in [3.63, 3.8) is 0 Å². The maximum absolute atomic E-state index is 11.6. The fourth-order valence-electron chi connectivity index (χ4n) is 2.17. The molecule has 0 fully saturated rings. The van der Waals surface area contributed by atoms with Crippen molar-refractivity contribution in [2.24, 2.45) is 0 Å². The number of nitrogens with one attached hydrogen (secondary N) is 2. The maximum atomic E-state index is 11.6. The van der Waals surface area contributed by atoms with E-state index >= 15 is 0 Å². The molecular formula is C17H27N3O6. The smallest absolute Gasteiger partial charge is 0.254 e. The van der Waals surface area contributed by atoms with Crippen molar-refractivity contribution in [2.45, 2.75) is 39.4 Å². The Morgan fingerprint density at radius 1 is 1.04 bits per heavy atom. The Kier molecular flexibility index (Phi) is 9.53. The predicted molar refractivity (Wildman–Crippen MR) is 93.0 cm³/mol. The predicted octanol–water partition coefficient (Wildman–Crippen LogP) is -0.636. The van der Waals surface area contributed by atoms with Crippen molar-refractivity contribution < 1.29 is 28.7 Å². The molecule has 0 bridgehead atoms. The standard InChI is InChI=1S/C17H27N3O6/c1-12(2)26-13(3)10-19-14(21)6-8-25-9-7-18-15(22)11-20-16(23)4-5-17(20)24/h4-5,12-13H,6-11H2,1-3H3,(H,18,22)(H,19,21)/t13-/m0/s1. The summed E-state index contributed by atoms with van der Waals surface area (Å²) in [6.07, 6.45) is 2.52. The number of amides is 4. The Morgan fingerprint density at radius 2 is 1.69 bits per heavy atom. The molecule has 2 N–H and O–H groups in total. The van der Waals surface area contributed by atoms with Gasteiger partial charge in [0.15, 0.2) is 0 Å². The van der Waals surface area contributed by atoms with Crippen LogP contribution in [0.25, 0.3) is 0 Å². The van der Waals surface area contributed by atoms with E-state index in [0.717, 1.165) is 17.1 Å². The highest BCUT2D eigenvalue weighted by Crippen LogP contribution is 2.02. The maximum Gasteiger partial charge on any atom is 0.254 e. The Labute approximate surface area is 153 Å². The summed E-state index contributed by atoms with van der Waals surface area (Å²) in [5.41, 5.74) is 0. The van der Waals surface area contributed by atoms with E-state index in [0.29, 0.717) is 6.54 Å². The van der Waals surface area contributed by atoms with Gasteiger partial charge >= 0.3 is 0 Å². The number of rotatable bonds is 12. The third-order valence-corrected chi connectivity index (χ3v) is 3.34. The lowest BCUT2D eigenvalue weighted by Gasteiger charge is -2.16. The van der Waals surface area contributed by atoms with Gasteiger partial charge in [-0.05, 0) is 20.8 Å². The molecule has 1 atom stereocenters. The summed E-state index contributed by atoms with van der Waals surface area (Å²) in [5.74, 6) is -1.58. The normalized spacial score (nSPS) is 14.8. The average molecular weight is 369 g/mol. The van der Waals surface area contributed by atoms with Crippen LogP contribution in [-0.2, 0) is 28.7 Å². The molecule has 0 aromatic rings. The summed E-state index contributed by atoms with van der Waals surface area (Å²) in [4.78, 5) is 46.8. The van der Waals surface area contributed by atoms with Crippen molar-refractivity contribution in [2.75, 3.05) is 32.8 Å². The molecule has 0 aliphatic carbocycles. The first-order valence-electron chi connectivity index (χ1n) is 8.59. The second kappa shape index (κ2) is 11.4. The first kappa shape index (κ1) is 21.8. The fraction of sp³-hybridized carbons (Fsp3) is 0.647. The third-order valence-electron chi connectivity index (χ3n) is 3.34. The van der Waals surface area contributed by atoms with Crippen LogP contribution in [0.15, 0.2) is 12.2 Å². The monoisotopic (exact) mass is 369 g/mol. The lowest BCUT2D eigenvalue weighted by Crippen LogP contribution is -2.41. The summed E-state index contributed by atoms with van der Waals surface area (Å²) >= 11 is 0. The Bertz CT molecular complexity index is 529. The van der Waals surface area contributed by atoms with Gasteiger partial charge in [-0.2, -0.15) is 0 Å². The summed E-state index contributed by atoms with van der Waals surface area (Å²) in [5, 5.41) is 5.30. The molecule has 26 heavy (non-hydrogen) atoms. The molecule has 9 heteroatoms. The largest absolute Gasteiger partial charge is 0.379 e. The van der Waals surface area contributed by atoms with Crippen LogP contribution < -0.4 is 10.6 Å². The molecular weight excluding hydrogens is 342 g/mol. The van der Waals surface area contributed by atoms with Gasteiger partial charge in [-0.25, -0.2) is 0 Å². The first-order chi connectivity index (χ1) is 12.3. The Balaban J connectivity index is 2.01. The molecule has 0 saturated heterocycles. The van der Waals surface area contributed by atoms with E-state index in [4.69, 9.17) is 9.47 Å². The summed E-state index contributed by atoms with van der Waals surface area (Å²) in [7, 11) is 0. The highest BCUT2D eigenvalue weighted by atomic mass is 16.5. The first-order valence-corrected chi connectivity index (χ1v) is 8.59. The van der Waals surface area contributed by atoms with Gasteiger partial charge in [0.1, 0.15) is 6.54 Å². The zero-order valence-electron chi connectivity index (χ0n) is 15.4. The van der Waals surface area contributed by atoms with Crippen LogP contribution in [0.2, 0.25) is 0 Å². The van der Waals surface area contributed by atoms with Gasteiger partial charge in [-0.1, -0.05) is 0 Å². The van der Waals surface area contributed by atoms with E-state index in [9.17, 15) is 19.2 Å². The van der Waals surface area contributed by atoms with Crippen molar-refractivity contribution in [1.82, 2.24) is 15.5 Å². The van der Waals surface area contributed by atoms with Crippen molar-refractivity contribution >= 4 is 23.6 Å². The SMILES string of the molecule is CC(C)O[C@@H](C)CNC(=O)CCOCCNC(=O)CN1C(=O)C=CC1=O. The Hall–Kier alpha value is -2.26. The van der Waals surface area contributed by atoms with Crippen molar-refractivity contribution in [1.29, 1.82) is 0 Å². The highest BCUT2D eigenvalue weighted by Gasteiger charge is 2.25. The van der Waals surface area contributed by atoms with Gasteiger partial charge in [-0.15, -0.1) is 0 Å². The van der Waals surface area contributed by atoms with E-state index < -0.39 is 17.7 Å². The second-order valence-electron chi connectivity index (χ2n) is 6.11. The van der Waals surface area contributed by atoms with E-state index in [1.807, 2.05) is 20.8 Å². The number of carbonyl (C=O) groups is 4.